The minimum atomic E-state index is -4.51. The Kier molecular flexibility index (Phi) is 5.47. The van der Waals surface area contributed by atoms with Gasteiger partial charge in [-0.25, -0.2) is 9.97 Å². The topological polar surface area (TPSA) is 54.9 Å². The van der Waals surface area contributed by atoms with Crippen molar-refractivity contribution < 1.29 is 18.0 Å². The lowest BCUT2D eigenvalue weighted by Crippen LogP contribution is -2.14. The molecule has 1 aromatic carbocycles. The Morgan fingerprint density at radius 2 is 1.89 bits per heavy atom. The van der Waals surface area contributed by atoms with Crippen molar-refractivity contribution in [3.05, 3.63) is 74.9 Å². The standard InChI is InChI=1S/C20H14F3N3OS/c1-12-3-4-15(9-14(12)5-6-17-11-25-13(2)28-17)19(27)26-18-10-16(7-8-24-18)20(21,22)23/h3-4,7-11H,1-2H3,(H,24,26,27). The van der Waals surface area contributed by atoms with Crippen LogP contribution in [0.4, 0.5) is 19.0 Å². The molecule has 0 aliphatic carbocycles. The zero-order chi connectivity index (χ0) is 20.3. The first-order valence-electron chi connectivity index (χ1n) is 8.12. The number of carbonyl (C=O) groups excluding carboxylic acids is 1. The van der Waals surface area contributed by atoms with Gasteiger partial charge in [-0.1, -0.05) is 12.0 Å². The lowest BCUT2D eigenvalue weighted by molar-refractivity contribution is -0.137. The van der Waals surface area contributed by atoms with E-state index in [4.69, 9.17) is 0 Å². The number of amides is 1. The summed E-state index contributed by atoms with van der Waals surface area (Å²) in [7, 11) is 0. The van der Waals surface area contributed by atoms with Gasteiger partial charge in [0.1, 0.15) is 5.82 Å². The Bertz CT molecular complexity index is 1090. The molecule has 0 spiro atoms. The second-order valence-electron chi connectivity index (χ2n) is 5.90. The number of nitrogens with one attached hydrogen (secondary N) is 1. The SMILES string of the molecule is Cc1ncc(C#Cc2cc(C(=O)Nc3cc(C(F)(F)F)ccn3)ccc2C)s1. The van der Waals surface area contributed by atoms with Crippen molar-refractivity contribution in [3.8, 4) is 11.8 Å². The number of hydrogen-bond donors (Lipinski definition) is 1. The minimum Gasteiger partial charge on any atom is -0.307 e. The number of aryl methyl sites for hydroxylation is 2. The first-order valence-corrected chi connectivity index (χ1v) is 8.94. The molecule has 3 aromatic rings. The van der Waals surface area contributed by atoms with Crippen molar-refractivity contribution >= 4 is 23.1 Å². The van der Waals surface area contributed by atoms with E-state index in [1.165, 1.54) is 11.3 Å². The summed E-state index contributed by atoms with van der Waals surface area (Å²) in [5.41, 5.74) is 0.917. The highest BCUT2D eigenvalue weighted by atomic mass is 32.1. The quantitative estimate of drug-likeness (QED) is 0.626. The molecule has 2 heterocycles. The number of aromatic nitrogens is 2. The van der Waals surface area contributed by atoms with Crippen LogP contribution in [0.2, 0.25) is 0 Å². The average molecular weight is 401 g/mol. The molecule has 8 heteroatoms. The number of halogens is 3. The Hall–Kier alpha value is -3.18. The van der Waals surface area contributed by atoms with Crippen LogP contribution in [-0.2, 0) is 6.18 Å². The fraction of sp³-hybridized carbons (Fsp3) is 0.150. The van der Waals surface area contributed by atoms with Gasteiger partial charge in [0.25, 0.3) is 5.91 Å². The third-order valence-corrected chi connectivity index (χ3v) is 4.60. The number of alkyl halides is 3. The highest BCUT2D eigenvalue weighted by Crippen LogP contribution is 2.30. The Morgan fingerprint density at radius 3 is 2.57 bits per heavy atom. The number of thiazole rings is 1. The van der Waals surface area contributed by atoms with Crippen molar-refractivity contribution in [2.45, 2.75) is 20.0 Å². The largest absolute Gasteiger partial charge is 0.416 e. The van der Waals surface area contributed by atoms with Gasteiger partial charge in [-0.15, -0.1) is 11.3 Å². The molecule has 4 nitrogen and oxygen atoms in total. The van der Waals surface area contributed by atoms with E-state index >= 15 is 0 Å². The van der Waals surface area contributed by atoms with E-state index in [0.29, 0.717) is 5.56 Å². The van der Waals surface area contributed by atoms with Crippen molar-refractivity contribution in [2.75, 3.05) is 5.32 Å². The van der Waals surface area contributed by atoms with Gasteiger partial charge in [-0.3, -0.25) is 4.79 Å². The van der Waals surface area contributed by atoms with Crippen LogP contribution >= 0.6 is 11.3 Å². The molecule has 28 heavy (non-hydrogen) atoms. The molecular weight excluding hydrogens is 387 g/mol. The summed E-state index contributed by atoms with van der Waals surface area (Å²) in [6.07, 6.45) is -1.83. The van der Waals surface area contributed by atoms with E-state index in [0.717, 1.165) is 33.8 Å². The van der Waals surface area contributed by atoms with E-state index in [-0.39, 0.29) is 11.4 Å². The first kappa shape index (κ1) is 19.6. The fourth-order valence-corrected chi connectivity index (χ4v) is 2.94. The van der Waals surface area contributed by atoms with Crippen LogP contribution in [0.25, 0.3) is 0 Å². The predicted molar refractivity (Wildman–Crippen MR) is 101 cm³/mol. The minimum absolute atomic E-state index is 0.173. The van der Waals surface area contributed by atoms with Crippen LogP contribution < -0.4 is 5.32 Å². The van der Waals surface area contributed by atoms with Gasteiger partial charge in [-0.05, 0) is 49.6 Å². The molecule has 1 N–H and O–H groups in total. The maximum atomic E-state index is 12.8. The predicted octanol–water partition coefficient (Wildman–Crippen LogP) is 4.83. The van der Waals surface area contributed by atoms with Gasteiger partial charge in [0.2, 0.25) is 0 Å². The Balaban J connectivity index is 1.82. The molecule has 1 amide bonds. The first-order chi connectivity index (χ1) is 13.2. The average Bonchev–Trinajstić information content (AvgIpc) is 3.06. The molecule has 0 unspecified atom stereocenters. The second kappa shape index (κ2) is 7.82. The van der Waals surface area contributed by atoms with Crippen LogP contribution in [-0.4, -0.2) is 15.9 Å². The summed E-state index contributed by atoms with van der Waals surface area (Å²) in [6, 6.07) is 6.55. The monoisotopic (exact) mass is 401 g/mol. The maximum absolute atomic E-state index is 12.8. The summed E-state index contributed by atoms with van der Waals surface area (Å²) >= 11 is 1.46. The Morgan fingerprint density at radius 1 is 1.11 bits per heavy atom. The molecule has 0 radical (unpaired) electrons. The number of nitrogens with zero attached hydrogens (tertiary/aromatic N) is 2. The van der Waals surface area contributed by atoms with Crippen LogP contribution in [0.15, 0.2) is 42.7 Å². The van der Waals surface area contributed by atoms with Gasteiger partial charge in [-0.2, -0.15) is 13.2 Å². The molecule has 2 aromatic heterocycles. The van der Waals surface area contributed by atoms with E-state index in [2.05, 4.69) is 27.1 Å². The van der Waals surface area contributed by atoms with Gasteiger partial charge in [0, 0.05) is 17.3 Å². The normalized spacial score (nSPS) is 10.9. The van der Waals surface area contributed by atoms with Crippen molar-refractivity contribution in [2.24, 2.45) is 0 Å². The van der Waals surface area contributed by atoms with Crippen LogP contribution in [0.5, 0.6) is 0 Å². The smallest absolute Gasteiger partial charge is 0.307 e. The third kappa shape index (κ3) is 4.75. The fourth-order valence-electron chi connectivity index (χ4n) is 2.31. The summed E-state index contributed by atoms with van der Waals surface area (Å²) in [5.74, 6) is 5.27. The lowest BCUT2D eigenvalue weighted by atomic mass is 10.0. The number of rotatable bonds is 2. The number of benzene rings is 1. The number of carbonyl (C=O) groups is 1. The van der Waals surface area contributed by atoms with E-state index in [1.54, 1.807) is 24.4 Å². The van der Waals surface area contributed by atoms with Gasteiger partial charge in [0.05, 0.1) is 21.6 Å². The molecule has 0 saturated carbocycles. The maximum Gasteiger partial charge on any atom is 0.416 e. The highest BCUT2D eigenvalue weighted by Gasteiger charge is 2.30. The number of hydrogen-bond acceptors (Lipinski definition) is 4. The number of anilines is 1. The summed E-state index contributed by atoms with van der Waals surface area (Å²) in [4.78, 5) is 21.1. The molecule has 0 aliphatic rings. The van der Waals surface area contributed by atoms with Crippen LogP contribution in [0.1, 0.15) is 36.9 Å². The van der Waals surface area contributed by atoms with E-state index < -0.39 is 17.6 Å². The number of pyridine rings is 1. The van der Waals surface area contributed by atoms with E-state index in [9.17, 15) is 18.0 Å². The molecule has 0 fully saturated rings. The van der Waals surface area contributed by atoms with Crippen molar-refractivity contribution in [1.29, 1.82) is 0 Å². The zero-order valence-electron chi connectivity index (χ0n) is 14.9. The molecule has 3 rings (SSSR count). The molecule has 142 valence electrons. The van der Waals surface area contributed by atoms with Crippen LogP contribution in [0, 0.1) is 25.7 Å². The van der Waals surface area contributed by atoms with Crippen molar-refractivity contribution in [1.82, 2.24) is 9.97 Å². The molecular formula is C20H14F3N3OS. The summed E-state index contributed by atoms with van der Waals surface area (Å²) in [5, 5.41) is 3.29. The van der Waals surface area contributed by atoms with E-state index in [1.807, 2.05) is 13.8 Å². The molecule has 0 aliphatic heterocycles. The van der Waals surface area contributed by atoms with Crippen LogP contribution in [0.3, 0.4) is 0 Å². The second-order valence-corrected chi connectivity index (χ2v) is 7.14. The molecule has 0 bridgehead atoms. The van der Waals surface area contributed by atoms with Gasteiger partial charge in [0.15, 0.2) is 0 Å². The summed E-state index contributed by atoms with van der Waals surface area (Å²) < 4.78 is 38.4. The lowest BCUT2D eigenvalue weighted by Gasteiger charge is -2.09. The van der Waals surface area contributed by atoms with Gasteiger partial charge >= 0.3 is 6.18 Å². The summed E-state index contributed by atoms with van der Waals surface area (Å²) in [6.45, 7) is 3.74. The van der Waals surface area contributed by atoms with Gasteiger partial charge < -0.3 is 5.32 Å². The zero-order valence-corrected chi connectivity index (χ0v) is 15.7. The molecule has 0 atom stereocenters. The third-order valence-electron chi connectivity index (χ3n) is 3.77. The Labute approximate surface area is 163 Å². The van der Waals surface area contributed by atoms with Crippen molar-refractivity contribution in [3.63, 3.8) is 0 Å². The molecule has 0 saturated heterocycles. The highest BCUT2D eigenvalue weighted by molar-refractivity contribution is 7.12.